The smallest absolute Gasteiger partial charge is 0.306 e. The number of esters is 2. The number of aliphatic hydroxyl groups excluding tert-OH is 3. The summed E-state index contributed by atoms with van der Waals surface area (Å²) >= 11 is 0. The maximum absolute atomic E-state index is 12.7. The van der Waals surface area contributed by atoms with Gasteiger partial charge in [-0.15, -0.1) is 0 Å². The lowest BCUT2D eigenvalue weighted by Gasteiger charge is -2.40. The van der Waals surface area contributed by atoms with Gasteiger partial charge in [-0.05, 0) is 38.5 Å². The summed E-state index contributed by atoms with van der Waals surface area (Å²) in [5, 5.41) is 30.7. The van der Waals surface area contributed by atoms with E-state index in [0.717, 1.165) is 38.5 Å². The number of carbonyl (C=O) groups excluding carboxylic acids is 2. The molecule has 13 heteroatoms. The van der Waals surface area contributed by atoms with E-state index >= 15 is 0 Å². The Morgan fingerprint density at radius 3 is 1.67 bits per heavy atom. The van der Waals surface area contributed by atoms with Crippen molar-refractivity contribution in [3.05, 3.63) is 12.2 Å². The molecule has 0 aromatic heterocycles. The van der Waals surface area contributed by atoms with Crippen molar-refractivity contribution in [3.63, 3.8) is 0 Å². The third kappa shape index (κ3) is 25.1. The van der Waals surface area contributed by atoms with Crippen LogP contribution in [0.5, 0.6) is 0 Å². The highest BCUT2D eigenvalue weighted by molar-refractivity contribution is 7.85. The van der Waals surface area contributed by atoms with Gasteiger partial charge in [-0.3, -0.25) is 14.1 Å². The van der Waals surface area contributed by atoms with Crippen LogP contribution in [0.2, 0.25) is 0 Å². The molecule has 0 aliphatic carbocycles. The molecule has 300 valence electrons. The van der Waals surface area contributed by atoms with Crippen LogP contribution in [-0.4, -0.2) is 96.0 Å². The van der Waals surface area contributed by atoms with Gasteiger partial charge in [0.05, 0.1) is 6.61 Å². The number of allylic oxidation sites excluding steroid dienone is 2. The molecule has 0 spiro atoms. The number of ether oxygens (including phenoxy) is 4. The minimum absolute atomic E-state index is 0.138. The molecule has 1 aliphatic rings. The van der Waals surface area contributed by atoms with Crippen LogP contribution in [0.4, 0.5) is 0 Å². The Hall–Kier alpha value is -1.61. The van der Waals surface area contributed by atoms with E-state index in [4.69, 9.17) is 18.9 Å². The molecule has 6 atom stereocenters. The molecule has 2 unspecified atom stereocenters. The number of rotatable bonds is 32. The Labute approximate surface area is 307 Å². The average Bonchev–Trinajstić information content (AvgIpc) is 3.09. The molecule has 1 heterocycles. The highest BCUT2D eigenvalue weighted by Crippen LogP contribution is 2.24. The molecule has 4 N–H and O–H groups in total. The van der Waals surface area contributed by atoms with Crippen molar-refractivity contribution in [3.8, 4) is 0 Å². The molecule has 0 bridgehead atoms. The monoisotopic (exact) mass is 750 g/mol. The standard InChI is InChI=1S/C38H70O12S/c1-3-5-7-9-11-13-14-15-16-17-18-19-21-23-25-27-34(40)49-31(28-47-33(39)26-24-22-20-12-10-8-6-4-2)29-48-38-37(43)36(42)35(41)32(50-38)30-51(44,45)46/h18-19,31-32,35-38,41-43H,3-17,20-30H2,1-2H3,(H,44,45,46)/b19-18+/t31-,32-,35-,36?,37?,38+/m1/s1. The largest absolute Gasteiger partial charge is 0.462 e. The molecular formula is C38H70O12S. The molecule has 0 amide bonds. The minimum Gasteiger partial charge on any atom is -0.462 e. The van der Waals surface area contributed by atoms with Gasteiger partial charge in [0.25, 0.3) is 10.1 Å². The molecular weight excluding hydrogens is 680 g/mol. The summed E-state index contributed by atoms with van der Waals surface area (Å²) in [4.78, 5) is 25.1. The zero-order valence-corrected chi connectivity index (χ0v) is 32.3. The van der Waals surface area contributed by atoms with Gasteiger partial charge in [-0.1, -0.05) is 122 Å². The van der Waals surface area contributed by atoms with Crippen LogP contribution in [0.15, 0.2) is 12.2 Å². The lowest BCUT2D eigenvalue weighted by atomic mass is 10.00. The first-order valence-corrected chi connectivity index (χ1v) is 21.4. The molecule has 12 nitrogen and oxygen atoms in total. The quantitative estimate of drug-likeness (QED) is 0.0247. The van der Waals surface area contributed by atoms with Crippen LogP contribution in [0.25, 0.3) is 0 Å². The number of unbranched alkanes of at least 4 members (excludes halogenated alkanes) is 18. The second-order valence-electron chi connectivity index (χ2n) is 14.0. The van der Waals surface area contributed by atoms with Gasteiger partial charge in [-0.25, -0.2) is 0 Å². The van der Waals surface area contributed by atoms with Gasteiger partial charge >= 0.3 is 11.9 Å². The highest BCUT2D eigenvalue weighted by atomic mass is 32.2. The first kappa shape index (κ1) is 47.4. The average molecular weight is 751 g/mol. The Balaban J connectivity index is 2.51. The number of carbonyl (C=O) groups is 2. The Kier molecular flexibility index (Phi) is 27.7. The van der Waals surface area contributed by atoms with E-state index in [0.29, 0.717) is 12.8 Å². The van der Waals surface area contributed by atoms with Crippen molar-refractivity contribution < 1.29 is 56.8 Å². The fraction of sp³-hybridized carbons (Fsp3) is 0.895. The lowest BCUT2D eigenvalue weighted by Crippen LogP contribution is -2.60. The molecule has 0 saturated carbocycles. The topological polar surface area (TPSA) is 186 Å². The minimum atomic E-state index is -4.59. The van der Waals surface area contributed by atoms with Gasteiger partial charge in [0, 0.05) is 12.8 Å². The van der Waals surface area contributed by atoms with Crippen LogP contribution < -0.4 is 0 Å². The van der Waals surface area contributed by atoms with Gasteiger partial charge in [0.2, 0.25) is 0 Å². The maximum atomic E-state index is 12.7. The van der Waals surface area contributed by atoms with Crippen LogP contribution in [-0.2, 0) is 38.7 Å². The zero-order valence-electron chi connectivity index (χ0n) is 31.5. The molecule has 1 fully saturated rings. The summed E-state index contributed by atoms with van der Waals surface area (Å²) in [5.74, 6) is -2.01. The summed E-state index contributed by atoms with van der Waals surface area (Å²) in [7, 11) is -4.59. The van der Waals surface area contributed by atoms with E-state index in [1.165, 1.54) is 83.5 Å². The summed E-state index contributed by atoms with van der Waals surface area (Å²) in [6.07, 6.45) is 18.6. The molecule has 1 aliphatic heterocycles. The van der Waals surface area contributed by atoms with Crippen molar-refractivity contribution in [2.24, 2.45) is 0 Å². The lowest BCUT2D eigenvalue weighted by molar-refractivity contribution is -0.297. The molecule has 51 heavy (non-hydrogen) atoms. The summed E-state index contributed by atoms with van der Waals surface area (Å²) < 4.78 is 53.7. The van der Waals surface area contributed by atoms with Crippen molar-refractivity contribution in [1.82, 2.24) is 0 Å². The molecule has 0 aromatic carbocycles. The Morgan fingerprint density at radius 1 is 0.647 bits per heavy atom. The van der Waals surface area contributed by atoms with Gasteiger partial charge < -0.3 is 34.3 Å². The van der Waals surface area contributed by atoms with E-state index in [9.17, 15) is 37.9 Å². The summed E-state index contributed by atoms with van der Waals surface area (Å²) in [6, 6.07) is 0. The molecule has 0 radical (unpaired) electrons. The van der Waals surface area contributed by atoms with Crippen molar-refractivity contribution in [1.29, 1.82) is 0 Å². The maximum Gasteiger partial charge on any atom is 0.306 e. The summed E-state index contributed by atoms with van der Waals surface area (Å²) in [5.41, 5.74) is 0. The van der Waals surface area contributed by atoms with Gasteiger partial charge in [0.1, 0.15) is 36.8 Å². The fourth-order valence-electron chi connectivity index (χ4n) is 5.96. The van der Waals surface area contributed by atoms with E-state index < -0.39 is 71.2 Å². The van der Waals surface area contributed by atoms with Crippen molar-refractivity contribution in [2.75, 3.05) is 19.0 Å². The second kappa shape index (κ2) is 29.8. The van der Waals surface area contributed by atoms with E-state index in [1.54, 1.807) is 0 Å². The Morgan fingerprint density at radius 2 is 1.12 bits per heavy atom. The fourth-order valence-corrected chi connectivity index (χ4v) is 6.65. The van der Waals surface area contributed by atoms with Crippen LogP contribution in [0.1, 0.15) is 162 Å². The van der Waals surface area contributed by atoms with Crippen LogP contribution >= 0.6 is 0 Å². The first-order chi connectivity index (χ1) is 24.5. The number of hydrogen-bond donors (Lipinski definition) is 4. The highest BCUT2D eigenvalue weighted by Gasteiger charge is 2.46. The van der Waals surface area contributed by atoms with Crippen LogP contribution in [0, 0.1) is 0 Å². The molecule has 0 aromatic rings. The predicted molar refractivity (Wildman–Crippen MR) is 197 cm³/mol. The van der Waals surface area contributed by atoms with Crippen molar-refractivity contribution >= 4 is 22.1 Å². The second-order valence-corrected chi connectivity index (χ2v) is 15.4. The number of aliphatic hydroxyl groups is 3. The number of hydrogen-bond acceptors (Lipinski definition) is 11. The van der Waals surface area contributed by atoms with E-state index in [-0.39, 0.29) is 19.4 Å². The van der Waals surface area contributed by atoms with Gasteiger partial charge in [0.15, 0.2) is 12.4 Å². The SMILES string of the molecule is CCCCCCCCCCC/C=C/CCCCC(=O)O[C@H](COC(=O)CCCCCCCCCC)CO[C@H]1O[C@H](CS(=O)(=O)O)[C@@H](O)C(O)C1O. The third-order valence-electron chi connectivity index (χ3n) is 9.10. The normalized spacial score (nSPS) is 21.6. The van der Waals surface area contributed by atoms with Gasteiger partial charge in [-0.2, -0.15) is 8.42 Å². The zero-order chi connectivity index (χ0) is 37.7. The first-order valence-electron chi connectivity index (χ1n) is 19.7. The molecule has 1 saturated heterocycles. The predicted octanol–water partition coefficient (Wildman–Crippen LogP) is 6.72. The third-order valence-corrected chi connectivity index (χ3v) is 9.85. The van der Waals surface area contributed by atoms with E-state index in [1.807, 2.05) is 0 Å². The van der Waals surface area contributed by atoms with E-state index in [2.05, 4.69) is 26.0 Å². The van der Waals surface area contributed by atoms with Crippen molar-refractivity contribution in [2.45, 2.75) is 198 Å². The summed E-state index contributed by atoms with van der Waals surface area (Å²) in [6.45, 7) is 3.68. The van der Waals surface area contributed by atoms with Crippen LogP contribution in [0.3, 0.4) is 0 Å². The molecule has 1 rings (SSSR count). The Bertz CT molecular complexity index is 1020.